The SMILES string of the molecule is NCc1cncnc1Oc1ccc(C(N)=O)cc1. The number of carbonyl (C=O) groups is 1. The van der Waals surface area contributed by atoms with Gasteiger partial charge < -0.3 is 16.2 Å². The minimum atomic E-state index is -0.480. The van der Waals surface area contributed by atoms with Crippen LogP contribution in [-0.2, 0) is 6.54 Å². The van der Waals surface area contributed by atoms with Crippen molar-refractivity contribution in [1.82, 2.24) is 9.97 Å². The Bertz CT molecular complexity index is 554. The van der Waals surface area contributed by atoms with Gasteiger partial charge in [0.05, 0.1) is 0 Å². The fraction of sp³-hybridized carbons (Fsp3) is 0.0833. The number of hydrogen-bond acceptors (Lipinski definition) is 5. The van der Waals surface area contributed by atoms with E-state index in [1.54, 1.807) is 30.5 Å². The molecule has 18 heavy (non-hydrogen) atoms. The van der Waals surface area contributed by atoms with Crippen LogP contribution in [0, 0.1) is 0 Å². The van der Waals surface area contributed by atoms with Crippen molar-refractivity contribution in [2.45, 2.75) is 6.54 Å². The average molecular weight is 244 g/mol. The van der Waals surface area contributed by atoms with E-state index in [0.717, 1.165) is 0 Å². The standard InChI is InChI=1S/C12H12N4O2/c13-5-9-6-15-7-16-12(9)18-10-3-1-8(2-4-10)11(14)17/h1-4,6-7H,5,13H2,(H2,14,17). The van der Waals surface area contributed by atoms with Crippen LogP contribution in [0.25, 0.3) is 0 Å². The number of amides is 1. The highest BCUT2D eigenvalue weighted by atomic mass is 16.5. The molecule has 6 heteroatoms. The first-order valence-corrected chi connectivity index (χ1v) is 5.27. The predicted molar refractivity (Wildman–Crippen MR) is 65.0 cm³/mol. The molecule has 92 valence electrons. The third-order valence-corrected chi connectivity index (χ3v) is 2.32. The minimum absolute atomic E-state index is 0.287. The average Bonchev–Trinajstić information content (AvgIpc) is 2.40. The number of carbonyl (C=O) groups excluding carboxylic acids is 1. The Hall–Kier alpha value is -2.47. The van der Waals surface area contributed by atoms with Gasteiger partial charge in [-0.2, -0.15) is 0 Å². The van der Waals surface area contributed by atoms with Crippen LogP contribution in [-0.4, -0.2) is 15.9 Å². The summed E-state index contributed by atoms with van der Waals surface area (Å²) in [5.74, 6) is 0.471. The normalized spacial score (nSPS) is 10.1. The van der Waals surface area contributed by atoms with Gasteiger partial charge in [-0.05, 0) is 24.3 Å². The Labute approximate surface area is 104 Å². The molecule has 1 aromatic carbocycles. The lowest BCUT2D eigenvalue weighted by atomic mass is 10.2. The summed E-state index contributed by atoms with van der Waals surface area (Å²) in [4.78, 5) is 18.8. The third kappa shape index (κ3) is 2.61. The van der Waals surface area contributed by atoms with Crippen molar-refractivity contribution < 1.29 is 9.53 Å². The van der Waals surface area contributed by atoms with Crippen molar-refractivity contribution in [3.63, 3.8) is 0 Å². The number of hydrogen-bond donors (Lipinski definition) is 2. The van der Waals surface area contributed by atoms with Crippen LogP contribution >= 0.6 is 0 Å². The van der Waals surface area contributed by atoms with Crippen LogP contribution in [0.5, 0.6) is 11.6 Å². The zero-order chi connectivity index (χ0) is 13.0. The number of ether oxygens (including phenoxy) is 1. The molecule has 0 aliphatic carbocycles. The summed E-state index contributed by atoms with van der Waals surface area (Å²) in [5.41, 5.74) is 11.8. The highest BCUT2D eigenvalue weighted by molar-refractivity contribution is 5.92. The van der Waals surface area contributed by atoms with Crippen molar-refractivity contribution in [3.8, 4) is 11.6 Å². The molecular weight excluding hydrogens is 232 g/mol. The van der Waals surface area contributed by atoms with Gasteiger partial charge in [0.2, 0.25) is 11.8 Å². The summed E-state index contributed by atoms with van der Waals surface area (Å²) < 4.78 is 5.55. The van der Waals surface area contributed by atoms with E-state index in [-0.39, 0.29) is 6.54 Å². The number of primary amides is 1. The van der Waals surface area contributed by atoms with E-state index < -0.39 is 5.91 Å². The van der Waals surface area contributed by atoms with Gasteiger partial charge in [0.1, 0.15) is 12.1 Å². The lowest BCUT2D eigenvalue weighted by Crippen LogP contribution is -2.10. The Balaban J connectivity index is 2.21. The zero-order valence-corrected chi connectivity index (χ0v) is 9.54. The topological polar surface area (TPSA) is 104 Å². The quantitative estimate of drug-likeness (QED) is 0.828. The molecule has 1 amide bonds. The minimum Gasteiger partial charge on any atom is -0.439 e. The van der Waals surface area contributed by atoms with Gasteiger partial charge in [0, 0.05) is 23.9 Å². The molecule has 2 aromatic rings. The second-order valence-electron chi connectivity index (χ2n) is 3.55. The summed E-state index contributed by atoms with van der Waals surface area (Å²) in [6.45, 7) is 0.287. The molecule has 0 unspecified atom stereocenters. The first-order chi connectivity index (χ1) is 8.70. The maximum absolute atomic E-state index is 10.9. The number of nitrogens with zero attached hydrogens (tertiary/aromatic N) is 2. The molecule has 0 aliphatic heterocycles. The molecular formula is C12H12N4O2. The zero-order valence-electron chi connectivity index (χ0n) is 9.54. The molecule has 0 spiro atoms. The van der Waals surface area contributed by atoms with Crippen molar-refractivity contribution in [1.29, 1.82) is 0 Å². The van der Waals surface area contributed by atoms with Gasteiger partial charge in [0.25, 0.3) is 0 Å². The summed E-state index contributed by atoms with van der Waals surface area (Å²) >= 11 is 0. The van der Waals surface area contributed by atoms with Crippen LogP contribution in [0.2, 0.25) is 0 Å². The van der Waals surface area contributed by atoms with Gasteiger partial charge >= 0.3 is 0 Å². The van der Waals surface area contributed by atoms with Gasteiger partial charge in [0.15, 0.2) is 0 Å². The molecule has 0 saturated heterocycles. The van der Waals surface area contributed by atoms with Crippen molar-refractivity contribution >= 4 is 5.91 Å². The molecule has 0 fully saturated rings. The lowest BCUT2D eigenvalue weighted by Gasteiger charge is -2.07. The van der Waals surface area contributed by atoms with E-state index in [1.807, 2.05) is 0 Å². The molecule has 0 bridgehead atoms. The second kappa shape index (κ2) is 5.24. The van der Waals surface area contributed by atoms with Crippen LogP contribution in [0.3, 0.4) is 0 Å². The number of rotatable bonds is 4. The summed E-state index contributed by atoms with van der Waals surface area (Å²) in [7, 11) is 0. The van der Waals surface area contributed by atoms with Crippen LogP contribution < -0.4 is 16.2 Å². The summed E-state index contributed by atoms with van der Waals surface area (Å²) in [6.07, 6.45) is 2.98. The van der Waals surface area contributed by atoms with Crippen molar-refractivity contribution in [2.75, 3.05) is 0 Å². The Morgan fingerprint density at radius 3 is 2.61 bits per heavy atom. The van der Waals surface area contributed by atoms with Crippen LogP contribution in [0.15, 0.2) is 36.8 Å². The van der Waals surface area contributed by atoms with E-state index in [1.165, 1.54) is 6.33 Å². The van der Waals surface area contributed by atoms with Crippen LogP contribution in [0.4, 0.5) is 0 Å². The van der Waals surface area contributed by atoms with Crippen LogP contribution in [0.1, 0.15) is 15.9 Å². The molecule has 0 saturated carbocycles. The van der Waals surface area contributed by atoms with Crippen molar-refractivity contribution in [3.05, 3.63) is 47.9 Å². The maximum Gasteiger partial charge on any atom is 0.248 e. The summed E-state index contributed by atoms with van der Waals surface area (Å²) in [5, 5.41) is 0. The fourth-order valence-corrected chi connectivity index (χ4v) is 1.38. The molecule has 1 heterocycles. The fourth-order valence-electron chi connectivity index (χ4n) is 1.38. The highest BCUT2D eigenvalue weighted by Gasteiger charge is 2.06. The first kappa shape index (κ1) is 12.0. The van der Waals surface area contributed by atoms with Gasteiger partial charge in [-0.1, -0.05) is 0 Å². The monoisotopic (exact) mass is 244 g/mol. The third-order valence-electron chi connectivity index (χ3n) is 2.32. The first-order valence-electron chi connectivity index (χ1n) is 5.27. The van der Waals surface area contributed by atoms with E-state index in [4.69, 9.17) is 16.2 Å². The molecule has 0 radical (unpaired) electrons. The summed E-state index contributed by atoms with van der Waals surface area (Å²) in [6, 6.07) is 6.45. The van der Waals surface area contributed by atoms with E-state index in [9.17, 15) is 4.79 Å². The molecule has 1 aromatic heterocycles. The number of benzene rings is 1. The molecule has 0 aliphatic rings. The molecule has 4 N–H and O–H groups in total. The molecule has 0 atom stereocenters. The number of nitrogens with two attached hydrogens (primary N) is 2. The van der Waals surface area contributed by atoms with Gasteiger partial charge in [-0.25, -0.2) is 9.97 Å². The van der Waals surface area contributed by atoms with E-state index in [0.29, 0.717) is 22.8 Å². The number of aromatic nitrogens is 2. The van der Waals surface area contributed by atoms with Gasteiger partial charge in [-0.3, -0.25) is 4.79 Å². The van der Waals surface area contributed by atoms with Gasteiger partial charge in [-0.15, -0.1) is 0 Å². The Kier molecular flexibility index (Phi) is 3.49. The Morgan fingerprint density at radius 2 is 2.00 bits per heavy atom. The smallest absolute Gasteiger partial charge is 0.248 e. The largest absolute Gasteiger partial charge is 0.439 e. The lowest BCUT2D eigenvalue weighted by molar-refractivity contribution is 0.100. The van der Waals surface area contributed by atoms with E-state index in [2.05, 4.69) is 9.97 Å². The highest BCUT2D eigenvalue weighted by Crippen LogP contribution is 2.22. The predicted octanol–water partition coefficient (Wildman–Crippen LogP) is 0.826. The molecule has 2 rings (SSSR count). The second-order valence-corrected chi connectivity index (χ2v) is 3.55. The molecule has 6 nitrogen and oxygen atoms in total. The van der Waals surface area contributed by atoms with Crippen molar-refractivity contribution in [2.24, 2.45) is 11.5 Å². The maximum atomic E-state index is 10.9. The Morgan fingerprint density at radius 1 is 1.28 bits per heavy atom. The van der Waals surface area contributed by atoms with E-state index >= 15 is 0 Å².